The van der Waals surface area contributed by atoms with Crippen molar-refractivity contribution in [1.82, 2.24) is 4.98 Å². The molecule has 4 rings (SSSR count). The molecule has 2 aromatic rings. The summed E-state index contributed by atoms with van der Waals surface area (Å²) in [5, 5.41) is 2.30. The molecule has 0 amide bonds. The van der Waals surface area contributed by atoms with E-state index in [1.54, 1.807) is 0 Å². The summed E-state index contributed by atoms with van der Waals surface area (Å²) in [5.74, 6) is 0.932. The first-order valence-corrected chi connectivity index (χ1v) is 7.31. The van der Waals surface area contributed by atoms with Gasteiger partial charge in [0.05, 0.1) is 16.8 Å². The van der Waals surface area contributed by atoms with Gasteiger partial charge in [0.2, 0.25) is 0 Å². The molecule has 0 saturated heterocycles. The molecular formula is C17H12BrNO. The van der Waals surface area contributed by atoms with Crippen molar-refractivity contribution in [3.8, 4) is 11.3 Å². The summed E-state index contributed by atoms with van der Waals surface area (Å²) in [5.41, 5.74) is 5.22. The topological polar surface area (TPSA) is 26.0 Å². The van der Waals surface area contributed by atoms with E-state index in [9.17, 15) is 0 Å². The van der Waals surface area contributed by atoms with Crippen LogP contribution >= 0.6 is 15.9 Å². The SMILES string of the molecule is Cc1cc2c(C)ccc3nc4cc(Br)ccc4c-3c2o1. The molecule has 0 N–H and O–H groups in total. The highest BCUT2D eigenvalue weighted by Gasteiger charge is 2.18. The molecule has 1 aromatic heterocycles. The Balaban J connectivity index is 2.30. The van der Waals surface area contributed by atoms with E-state index in [1.165, 1.54) is 5.56 Å². The second-order valence-corrected chi connectivity index (χ2v) is 6.07. The maximum Gasteiger partial charge on any atom is 0.144 e. The number of aryl methyl sites for hydroxylation is 2. The van der Waals surface area contributed by atoms with Crippen molar-refractivity contribution in [2.24, 2.45) is 0 Å². The Labute approximate surface area is 124 Å². The largest absolute Gasteiger partial charge is 0.461 e. The number of nitrogens with zero attached hydrogens (tertiary/aromatic N) is 1. The van der Waals surface area contributed by atoms with Gasteiger partial charge < -0.3 is 4.42 Å². The minimum atomic E-state index is 0.932. The lowest BCUT2D eigenvalue weighted by molar-refractivity contribution is 0.580. The Morgan fingerprint density at radius 1 is 1.00 bits per heavy atom. The van der Waals surface area contributed by atoms with Gasteiger partial charge in [0, 0.05) is 15.2 Å². The van der Waals surface area contributed by atoms with Crippen LogP contribution in [0.15, 0.2) is 45.3 Å². The fourth-order valence-corrected chi connectivity index (χ4v) is 3.13. The molecule has 0 atom stereocenters. The second-order valence-electron chi connectivity index (χ2n) is 5.15. The van der Waals surface area contributed by atoms with Crippen molar-refractivity contribution >= 4 is 37.8 Å². The summed E-state index contributed by atoms with van der Waals surface area (Å²) in [6, 6.07) is 12.5. The fraction of sp³-hybridized carbons (Fsp3) is 0.118. The molecule has 0 unspecified atom stereocenters. The highest BCUT2D eigenvalue weighted by atomic mass is 79.9. The fourth-order valence-electron chi connectivity index (χ4n) is 2.78. The molecule has 1 aliphatic carbocycles. The second kappa shape index (κ2) is 4.06. The number of halogens is 1. The molecule has 2 aliphatic rings. The van der Waals surface area contributed by atoms with E-state index in [1.807, 2.05) is 19.1 Å². The first-order chi connectivity index (χ1) is 9.63. The summed E-state index contributed by atoms with van der Waals surface area (Å²) in [7, 11) is 0. The van der Waals surface area contributed by atoms with E-state index in [4.69, 9.17) is 9.40 Å². The quantitative estimate of drug-likeness (QED) is 0.428. The van der Waals surface area contributed by atoms with Gasteiger partial charge in [0.25, 0.3) is 0 Å². The normalized spacial score (nSPS) is 11.8. The molecule has 1 aliphatic heterocycles. The van der Waals surface area contributed by atoms with Crippen LogP contribution in [0.1, 0.15) is 11.3 Å². The molecule has 1 aromatic carbocycles. The molecule has 2 nitrogen and oxygen atoms in total. The van der Waals surface area contributed by atoms with E-state index in [0.29, 0.717) is 0 Å². The summed E-state index contributed by atoms with van der Waals surface area (Å²) >= 11 is 3.50. The van der Waals surface area contributed by atoms with Crippen molar-refractivity contribution < 1.29 is 4.42 Å². The molecule has 2 heterocycles. The third kappa shape index (κ3) is 1.59. The zero-order chi connectivity index (χ0) is 13.9. The van der Waals surface area contributed by atoms with Crippen molar-refractivity contribution in [1.29, 1.82) is 0 Å². The van der Waals surface area contributed by atoms with Crippen LogP contribution in [0.5, 0.6) is 0 Å². The number of benzene rings is 1. The number of hydrogen-bond acceptors (Lipinski definition) is 2. The average molecular weight is 326 g/mol. The van der Waals surface area contributed by atoms with Crippen LogP contribution in [0.3, 0.4) is 0 Å². The Hall–Kier alpha value is -1.87. The minimum absolute atomic E-state index is 0.932. The molecule has 3 heteroatoms. The Kier molecular flexibility index (Phi) is 2.42. The number of furan rings is 1. The Bertz CT molecular complexity index is 939. The maximum atomic E-state index is 5.97. The van der Waals surface area contributed by atoms with Crippen molar-refractivity contribution in [3.63, 3.8) is 0 Å². The van der Waals surface area contributed by atoms with Crippen LogP contribution in [0.25, 0.3) is 33.1 Å². The standard InChI is InChI=1S/C17H12BrNO/c1-9-3-6-14-16(17-13(9)7-10(2)20-17)12-5-4-11(18)8-15(12)19-14/h3-8H,1-2H3. The lowest BCUT2D eigenvalue weighted by Crippen LogP contribution is -1.71. The van der Waals surface area contributed by atoms with Crippen LogP contribution in [0.4, 0.5) is 0 Å². The van der Waals surface area contributed by atoms with E-state index < -0.39 is 0 Å². The highest BCUT2D eigenvalue weighted by Crippen LogP contribution is 2.39. The van der Waals surface area contributed by atoms with Crippen molar-refractivity contribution in [3.05, 3.63) is 52.2 Å². The van der Waals surface area contributed by atoms with Gasteiger partial charge in [-0.1, -0.05) is 28.1 Å². The predicted molar refractivity (Wildman–Crippen MR) is 85.3 cm³/mol. The van der Waals surface area contributed by atoms with Crippen molar-refractivity contribution in [2.75, 3.05) is 0 Å². The molecule has 20 heavy (non-hydrogen) atoms. The van der Waals surface area contributed by atoms with E-state index in [-0.39, 0.29) is 0 Å². The predicted octanol–water partition coefficient (Wildman–Crippen LogP) is 5.47. The van der Waals surface area contributed by atoms with Gasteiger partial charge in [-0.25, -0.2) is 4.98 Å². The zero-order valence-electron chi connectivity index (χ0n) is 11.2. The van der Waals surface area contributed by atoms with Gasteiger partial charge >= 0.3 is 0 Å². The van der Waals surface area contributed by atoms with Crippen LogP contribution < -0.4 is 0 Å². The molecule has 0 fully saturated rings. The molecular weight excluding hydrogens is 314 g/mol. The molecule has 0 spiro atoms. The number of aromatic nitrogens is 1. The third-order valence-corrected chi connectivity index (χ3v) is 4.22. The summed E-state index contributed by atoms with van der Waals surface area (Å²) in [6.07, 6.45) is 0. The smallest absolute Gasteiger partial charge is 0.144 e. The van der Waals surface area contributed by atoms with Gasteiger partial charge in [-0.15, -0.1) is 0 Å². The average Bonchev–Trinajstić information content (AvgIpc) is 2.92. The summed E-state index contributed by atoms with van der Waals surface area (Å²) < 4.78 is 7.01. The first-order valence-electron chi connectivity index (χ1n) is 6.52. The van der Waals surface area contributed by atoms with E-state index in [0.717, 1.165) is 43.4 Å². The highest BCUT2D eigenvalue weighted by molar-refractivity contribution is 9.10. The van der Waals surface area contributed by atoms with E-state index in [2.05, 4.69) is 47.1 Å². The minimum Gasteiger partial charge on any atom is -0.461 e. The van der Waals surface area contributed by atoms with Crippen LogP contribution in [0.2, 0.25) is 0 Å². The molecule has 0 radical (unpaired) electrons. The summed E-state index contributed by atoms with van der Waals surface area (Å²) in [4.78, 5) is 4.73. The molecule has 0 saturated carbocycles. The number of hydrogen-bond donors (Lipinski definition) is 0. The Morgan fingerprint density at radius 2 is 1.85 bits per heavy atom. The third-order valence-electron chi connectivity index (χ3n) is 3.72. The maximum absolute atomic E-state index is 5.97. The first kappa shape index (κ1) is 11.9. The lowest BCUT2D eigenvalue weighted by Gasteiger charge is -1.95. The van der Waals surface area contributed by atoms with E-state index >= 15 is 0 Å². The van der Waals surface area contributed by atoms with Gasteiger partial charge in [-0.2, -0.15) is 0 Å². The molecule has 98 valence electrons. The van der Waals surface area contributed by atoms with Gasteiger partial charge in [0.1, 0.15) is 11.3 Å². The van der Waals surface area contributed by atoms with Gasteiger partial charge in [-0.3, -0.25) is 0 Å². The Morgan fingerprint density at radius 3 is 2.70 bits per heavy atom. The van der Waals surface area contributed by atoms with Crippen LogP contribution in [-0.2, 0) is 0 Å². The van der Waals surface area contributed by atoms with Crippen LogP contribution in [0, 0.1) is 13.8 Å². The summed E-state index contributed by atoms with van der Waals surface area (Å²) in [6.45, 7) is 4.09. The molecule has 0 bridgehead atoms. The van der Waals surface area contributed by atoms with Gasteiger partial charge in [-0.05, 0) is 43.7 Å². The van der Waals surface area contributed by atoms with Crippen LogP contribution in [-0.4, -0.2) is 4.98 Å². The monoisotopic (exact) mass is 325 g/mol. The van der Waals surface area contributed by atoms with Crippen molar-refractivity contribution in [2.45, 2.75) is 13.8 Å². The lowest BCUT2D eigenvalue weighted by atomic mass is 10.1. The number of fused-ring (bicyclic) bond motifs is 5. The number of rotatable bonds is 0. The van der Waals surface area contributed by atoms with Gasteiger partial charge in [0.15, 0.2) is 0 Å². The zero-order valence-corrected chi connectivity index (χ0v) is 12.8.